The smallest absolute Gasteiger partial charge is 0.259 e. The molecule has 0 spiro atoms. The van der Waals surface area contributed by atoms with Gasteiger partial charge in [0.2, 0.25) is 0 Å². The fourth-order valence-corrected chi connectivity index (χ4v) is 3.27. The number of hydrogen-bond donors (Lipinski definition) is 1. The highest BCUT2D eigenvalue weighted by molar-refractivity contribution is 5.93. The van der Waals surface area contributed by atoms with Gasteiger partial charge in [-0.1, -0.05) is 30.3 Å². The highest BCUT2D eigenvalue weighted by Gasteiger charge is 2.25. The number of carbonyl (C=O) groups excluding carboxylic acids is 1. The lowest BCUT2D eigenvalue weighted by molar-refractivity contribution is 0.0759. The number of aromatic nitrogens is 1. The van der Waals surface area contributed by atoms with Crippen LogP contribution in [0.1, 0.15) is 35.0 Å². The standard InChI is InChI=1S/C20H25N3O2/c1-15-12-19(24)18(13-21-15)20(25)22-9-8-16(2)23(11-10-22)14-17-6-4-3-5-7-17/h3-7,12-13,16H,8-11,14H2,1-2H3,(H,21,24)/t16-/m0/s1. The Balaban J connectivity index is 1.70. The molecule has 0 aliphatic carbocycles. The second-order valence-electron chi connectivity index (χ2n) is 6.78. The van der Waals surface area contributed by atoms with E-state index in [9.17, 15) is 9.59 Å². The normalized spacial score (nSPS) is 18.8. The molecule has 1 fully saturated rings. The molecular weight excluding hydrogens is 314 g/mol. The fraction of sp³-hybridized carbons (Fsp3) is 0.400. The summed E-state index contributed by atoms with van der Waals surface area (Å²) in [5.41, 5.74) is 2.07. The third-order valence-electron chi connectivity index (χ3n) is 4.90. The van der Waals surface area contributed by atoms with Crippen LogP contribution in [0.15, 0.2) is 47.4 Å². The van der Waals surface area contributed by atoms with Crippen molar-refractivity contribution in [2.24, 2.45) is 0 Å². The van der Waals surface area contributed by atoms with Gasteiger partial charge in [0.05, 0.1) is 0 Å². The van der Waals surface area contributed by atoms with Gasteiger partial charge in [0.15, 0.2) is 5.43 Å². The molecular formula is C20H25N3O2. The van der Waals surface area contributed by atoms with E-state index in [-0.39, 0.29) is 16.9 Å². The molecule has 5 heteroatoms. The van der Waals surface area contributed by atoms with Gasteiger partial charge in [-0.05, 0) is 25.8 Å². The van der Waals surface area contributed by atoms with Crippen molar-refractivity contribution in [2.45, 2.75) is 32.9 Å². The molecule has 1 aliphatic heterocycles. The lowest BCUT2D eigenvalue weighted by atomic mass is 10.1. The molecule has 2 aromatic rings. The first-order valence-corrected chi connectivity index (χ1v) is 8.81. The predicted molar refractivity (Wildman–Crippen MR) is 98.6 cm³/mol. The number of rotatable bonds is 3. The second-order valence-corrected chi connectivity index (χ2v) is 6.78. The van der Waals surface area contributed by atoms with E-state index in [1.165, 1.54) is 17.8 Å². The van der Waals surface area contributed by atoms with E-state index in [4.69, 9.17) is 0 Å². The van der Waals surface area contributed by atoms with E-state index in [0.29, 0.717) is 19.1 Å². The minimum atomic E-state index is -0.209. The van der Waals surface area contributed by atoms with Crippen LogP contribution in [0.2, 0.25) is 0 Å². The highest BCUT2D eigenvalue weighted by atomic mass is 16.2. The molecule has 2 heterocycles. The minimum absolute atomic E-state index is 0.171. The van der Waals surface area contributed by atoms with Gasteiger partial charge in [-0.25, -0.2) is 0 Å². The topological polar surface area (TPSA) is 56.4 Å². The van der Waals surface area contributed by atoms with Crippen molar-refractivity contribution in [3.05, 3.63) is 69.6 Å². The van der Waals surface area contributed by atoms with Crippen molar-refractivity contribution < 1.29 is 4.79 Å². The number of hydrogen-bond acceptors (Lipinski definition) is 3. The molecule has 1 aliphatic rings. The zero-order valence-corrected chi connectivity index (χ0v) is 14.9. The highest BCUT2D eigenvalue weighted by Crippen LogP contribution is 2.15. The summed E-state index contributed by atoms with van der Waals surface area (Å²) in [7, 11) is 0. The molecule has 1 aromatic heterocycles. The average molecular weight is 339 g/mol. The Hall–Kier alpha value is -2.40. The molecule has 1 saturated heterocycles. The maximum atomic E-state index is 12.7. The molecule has 0 unspecified atom stereocenters. The number of carbonyl (C=O) groups is 1. The van der Waals surface area contributed by atoms with Crippen molar-refractivity contribution in [1.82, 2.24) is 14.8 Å². The monoisotopic (exact) mass is 339 g/mol. The summed E-state index contributed by atoms with van der Waals surface area (Å²) < 4.78 is 0. The first-order chi connectivity index (χ1) is 12.0. The molecule has 1 atom stereocenters. The van der Waals surface area contributed by atoms with E-state index < -0.39 is 0 Å². The molecule has 5 nitrogen and oxygen atoms in total. The SMILES string of the molecule is Cc1cc(=O)c(C(=O)N2CC[C@H](C)N(Cc3ccccc3)CC2)c[nH]1. The van der Waals surface area contributed by atoms with Crippen LogP contribution in [-0.4, -0.2) is 46.4 Å². The van der Waals surface area contributed by atoms with Gasteiger partial charge < -0.3 is 9.88 Å². The Labute approximate surface area is 148 Å². The van der Waals surface area contributed by atoms with Crippen molar-refractivity contribution in [3.63, 3.8) is 0 Å². The van der Waals surface area contributed by atoms with Gasteiger partial charge in [0.25, 0.3) is 5.91 Å². The summed E-state index contributed by atoms with van der Waals surface area (Å²) in [4.78, 5) is 32.0. The summed E-state index contributed by atoms with van der Waals surface area (Å²) in [6.45, 7) is 7.03. The Kier molecular flexibility index (Phi) is 5.34. The molecule has 1 amide bonds. The molecule has 132 valence electrons. The van der Waals surface area contributed by atoms with Gasteiger partial charge in [-0.3, -0.25) is 14.5 Å². The van der Waals surface area contributed by atoms with Crippen molar-refractivity contribution in [2.75, 3.05) is 19.6 Å². The number of nitrogens with zero attached hydrogens (tertiary/aromatic N) is 2. The molecule has 1 N–H and O–H groups in total. The number of aromatic amines is 1. The fourth-order valence-electron chi connectivity index (χ4n) is 3.27. The number of aryl methyl sites for hydroxylation is 1. The Morgan fingerprint density at radius 1 is 1.20 bits per heavy atom. The molecule has 25 heavy (non-hydrogen) atoms. The quantitative estimate of drug-likeness (QED) is 0.934. The van der Waals surface area contributed by atoms with Crippen LogP contribution in [-0.2, 0) is 6.54 Å². The lowest BCUT2D eigenvalue weighted by Crippen LogP contribution is -2.37. The summed E-state index contributed by atoms with van der Waals surface area (Å²) in [6.07, 6.45) is 2.44. The van der Waals surface area contributed by atoms with E-state index in [1.54, 1.807) is 4.90 Å². The Morgan fingerprint density at radius 3 is 2.68 bits per heavy atom. The van der Waals surface area contributed by atoms with E-state index in [0.717, 1.165) is 25.2 Å². The third-order valence-corrected chi connectivity index (χ3v) is 4.90. The van der Waals surface area contributed by atoms with E-state index in [2.05, 4.69) is 41.1 Å². The molecule has 3 rings (SSSR count). The van der Waals surface area contributed by atoms with Crippen molar-refractivity contribution in [3.8, 4) is 0 Å². The lowest BCUT2D eigenvalue weighted by Gasteiger charge is -2.26. The van der Waals surface area contributed by atoms with E-state index >= 15 is 0 Å². The van der Waals surface area contributed by atoms with Crippen LogP contribution in [0.25, 0.3) is 0 Å². The molecule has 0 bridgehead atoms. The minimum Gasteiger partial charge on any atom is -0.364 e. The molecule has 1 aromatic carbocycles. The molecule has 0 radical (unpaired) electrons. The van der Waals surface area contributed by atoms with Crippen LogP contribution in [0.5, 0.6) is 0 Å². The predicted octanol–water partition coefficient (Wildman–Crippen LogP) is 2.42. The van der Waals surface area contributed by atoms with Crippen LogP contribution in [0.4, 0.5) is 0 Å². The van der Waals surface area contributed by atoms with Gasteiger partial charge in [-0.2, -0.15) is 0 Å². The van der Waals surface area contributed by atoms with Gasteiger partial charge in [0.1, 0.15) is 5.56 Å². The summed E-state index contributed by atoms with van der Waals surface area (Å²) in [6, 6.07) is 12.3. The number of H-pyrrole nitrogens is 1. The van der Waals surface area contributed by atoms with Crippen molar-refractivity contribution in [1.29, 1.82) is 0 Å². The largest absolute Gasteiger partial charge is 0.364 e. The number of pyridine rings is 1. The first-order valence-electron chi connectivity index (χ1n) is 8.81. The van der Waals surface area contributed by atoms with Crippen LogP contribution in [0.3, 0.4) is 0 Å². The van der Waals surface area contributed by atoms with Crippen LogP contribution in [0, 0.1) is 6.92 Å². The number of benzene rings is 1. The van der Waals surface area contributed by atoms with E-state index in [1.807, 2.05) is 13.0 Å². The Bertz CT molecular complexity index is 785. The summed E-state index contributed by atoms with van der Waals surface area (Å²) in [5.74, 6) is -0.171. The summed E-state index contributed by atoms with van der Waals surface area (Å²) in [5, 5.41) is 0. The van der Waals surface area contributed by atoms with Gasteiger partial charge in [-0.15, -0.1) is 0 Å². The number of nitrogens with one attached hydrogen (secondary N) is 1. The molecule has 0 saturated carbocycles. The van der Waals surface area contributed by atoms with Gasteiger partial charge in [0, 0.05) is 50.2 Å². The zero-order chi connectivity index (χ0) is 17.8. The van der Waals surface area contributed by atoms with Crippen LogP contribution < -0.4 is 5.43 Å². The Morgan fingerprint density at radius 2 is 1.96 bits per heavy atom. The van der Waals surface area contributed by atoms with Gasteiger partial charge >= 0.3 is 0 Å². The summed E-state index contributed by atoms with van der Waals surface area (Å²) >= 11 is 0. The zero-order valence-electron chi connectivity index (χ0n) is 14.9. The maximum Gasteiger partial charge on any atom is 0.259 e. The average Bonchev–Trinajstić information content (AvgIpc) is 2.78. The van der Waals surface area contributed by atoms with Crippen LogP contribution >= 0.6 is 0 Å². The second kappa shape index (κ2) is 7.66. The first kappa shape index (κ1) is 17.4. The van der Waals surface area contributed by atoms with Crippen molar-refractivity contribution >= 4 is 5.91 Å². The number of amides is 1. The maximum absolute atomic E-state index is 12.7. The third kappa shape index (κ3) is 4.17.